The highest BCUT2D eigenvalue weighted by molar-refractivity contribution is 7.89. The summed E-state index contributed by atoms with van der Waals surface area (Å²) >= 11 is 0. The maximum absolute atomic E-state index is 12.5. The second kappa shape index (κ2) is 8.75. The van der Waals surface area contributed by atoms with Crippen molar-refractivity contribution < 1.29 is 27.5 Å². The quantitative estimate of drug-likeness (QED) is 0.508. The summed E-state index contributed by atoms with van der Waals surface area (Å²) in [4.78, 5) is 24.9. The number of Topliss-reactive ketones (excluding diaryl/α,β-unsaturated/α-hetero) is 1. The van der Waals surface area contributed by atoms with E-state index < -0.39 is 22.1 Å². The summed E-state index contributed by atoms with van der Waals surface area (Å²) in [6, 6.07) is 12.1. The molecular formula is C21H23NO6S. The van der Waals surface area contributed by atoms with E-state index in [1.165, 1.54) is 42.6 Å². The highest BCUT2D eigenvalue weighted by Gasteiger charge is 2.27. The van der Waals surface area contributed by atoms with Crippen LogP contribution >= 0.6 is 0 Å². The number of esters is 1. The first-order valence-corrected chi connectivity index (χ1v) is 10.8. The molecule has 0 unspecified atom stereocenters. The summed E-state index contributed by atoms with van der Waals surface area (Å²) in [5.41, 5.74) is 0.581. The van der Waals surface area contributed by atoms with Crippen LogP contribution in [0.25, 0.3) is 0 Å². The molecule has 1 saturated heterocycles. The largest absolute Gasteiger partial charge is 0.497 e. The van der Waals surface area contributed by atoms with E-state index in [0.29, 0.717) is 24.4 Å². The number of ketones is 1. The van der Waals surface area contributed by atoms with Gasteiger partial charge in [0.05, 0.1) is 17.6 Å². The molecule has 0 saturated carbocycles. The van der Waals surface area contributed by atoms with Gasteiger partial charge in [-0.15, -0.1) is 0 Å². The Balaban J connectivity index is 1.66. The second-order valence-electron chi connectivity index (χ2n) is 6.78. The predicted octanol–water partition coefficient (Wildman–Crippen LogP) is 2.91. The number of ether oxygens (including phenoxy) is 2. The summed E-state index contributed by atoms with van der Waals surface area (Å²) < 4.78 is 36.8. The fourth-order valence-corrected chi connectivity index (χ4v) is 4.63. The van der Waals surface area contributed by atoms with Gasteiger partial charge in [-0.1, -0.05) is 0 Å². The molecule has 0 aliphatic carbocycles. The molecule has 0 aromatic heterocycles. The van der Waals surface area contributed by atoms with Gasteiger partial charge in [0.25, 0.3) is 0 Å². The van der Waals surface area contributed by atoms with Crippen LogP contribution in [0.15, 0.2) is 53.4 Å². The molecule has 3 rings (SSSR count). The van der Waals surface area contributed by atoms with E-state index in [-0.39, 0.29) is 16.2 Å². The van der Waals surface area contributed by atoms with Crippen molar-refractivity contribution in [1.29, 1.82) is 0 Å². The fraction of sp³-hybridized carbons (Fsp3) is 0.333. The average Bonchev–Trinajstić information content (AvgIpc) is 3.29. The number of hydrogen-bond acceptors (Lipinski definition) is 6. The highest BCUT2D eigenvalue weighted by atomic mass is 32.2. The molecule has 2 aromatic rings. The third-order valence-electron chi connectivity index (χ3n) is 4.82. The van der Waals surface area contributed by atoms with Crippen LogP contribution in [-0.2, 0) is 14.8 Å². The van der Waals surface area contributed by atoms with E-state index in [9.17, 15) is 18.0 Å². The summed E-state index contributed by atoms with van der Waals surface area (Å²) in [5.74, 6) is -0.408. The zero-order valence-corrected chi connectivity index (χ0v) is 17.1. The molecule has 7 nitrogen and oxygen atoms in total. The lowest BCUT2D eigenvalue weighted by Crippen LogP contribution is -2.28. The van der Waals surface area contributed by atoms with Gasteiger partial charge in [0.2, 0.25) is 15.8 Å². The van der Waals surface area contributed by atoms with Crippen molar-refractivity contribution in [2.24, 2.45) is 0 Å². The van der Waals surface area contributed by atoms with E-state index in [2.05, 4.69) is 0 Å². The molecule has 1 atom stereocenters. The molecular weight excluding hydrogens is 394 g/mol. The number of carbonyl (C=O) groups excluding carboxylic acids is 2. The first-order chi connectivity index (χ1) is 13.8. The predicted molar refractivity (Wildman–Crippen MR) is 107 cm³/mol. The number of hydrogen-bond donors (Lipinski definition) is 0. The minimum Gasteiger partial charge on any atom is -0.497 e. The molecule has 1 aliphatic heterocycles. The van der Waals surface area contributed by atoms with Crippen molar-refractivity contribution in [3.63, 3.8) is 0 Å². The molecule has 1 fully saturated rings. The Morgan fingerprint density at radius 1 is 0.931 bits per heavy atom. The molecule has 0 amide bonds. The van der Waals surface area contributed by atoms with Crippen molar-refractivity contribution in [2.45, 2.75) is 30.8 Å². The van der Waals surface area contributed by atoms with Gasteiger partial charge in [0, 0.05) is 18.7 Å². The third kappa shape index (κ3) is 4.65. The molecule has 154 valence electrons. The van der Waals surface area contributed by atoms with Crippen molar-refractivity contribution in [3.8, 4) is 5.75 Å². The lowest BCUT2D eigenvalue weighted by molar-refractivity contribution is 0.0318. The lowest BCUT2D eigenvalue weighted by Gasteiger charge is -2.16. The first kappa shape index (κ1) is 21.0. The first-order valence-electron chi connectivity index (χ1n) is 9.32. The van der Waals surface area contributed by atoms with Crippen LogP contribution in [0, 0.1) is 0 Å². The van der Waals surface area contributed by atoms with E-state index in [1.807, 2.05) is 0 Å². The highest BCUT2D eigenvalue weighted by Crippen LogP contribution is 2.21. The Bertz CT molecular complexity index is 977. The zero-order valence-electron chi connectivity index (χ0n) is 16.3. The van der Waals surface area contributed by atoms with Crippen LogP contribution in [0.3, 0.4) is 0 Å². The molecule has 1 aliphatic rings. The Labute approximate surface area is 170 Å². The number of benzene rings is 2. The summed E-state index contributed by atoms with van der Waals surface area (Å²) in [6.07, 6.45) is 0.719. The monoisotopic (exact) mass is 417 g/mol. The van der Waals surface area contributed by atoms with Crippen LogP contribution in [0.5, 0.6) is 5.75 Å². The molecule has 0 radical (unpaired) electrons. The minimum absolute atomic E-state index is 0.137. The van der Waals surface area contributed by atoms with Gasteiger partial charge in [-0.25, -0.2) is 13.2 Å². The molecule has 2 aromatic carbocycles. The number of methoxy groups -OCH3 is 1. The van der Waals surface area contributed by atoms with Gasteiger partial charge in [-0.05, 0) is 68.3 Å². The number of nitrogens with zero attached hydrogens (tertiary/aromatic N) is 1. The van der Waals surface area contributed by atoms with Crippen molar-refractivity contribution >= 4 is 21.8 Å². The smallest absolute Gasteiger partial charge is 0.338 e. The van der Waals surface area contributed by atoms with Crippen molar-refractivity contribution in [2.75, 3.05) is 20.2 Å². The van der Waals surface area contributed by atoms with E-state index in [4.69, 9.17) is 9.47 Å². The van der Waals surface area contributed by atoms with Gasteiger partial charge in [-0.3, -0.25) is 4.79 Å². The van der Waals surface area contributed by atoms with Crippen LogP contribution in [0.1, 0.15) is 40.5 Å². The summed E-state index contributed by atoms with van der Waals surface area (Å²) in [6.45, 7) is 2.52. The van der Waals surface area contributed by atoms with E-state index >= 15 is 0 Å². The van der Waals surface area contributed by atoms with Crippen LogP contribution in [0.4, 0.5) is 0 Å². The maximum Gasteiger partial charge on any atom is 0.338 e. The summed E-state index contributed by atoms with van der Waals surface area (Å²) in [5, 5.41) is 0. The van der Waals surface area contributed by atoms with Gasteiger partial charge in [-0.2, -0.15) is 4.31 Å². The van der Waals surface area contributed by atoms with Crippen molar-refractivity contribution in [3.05, 3.63) is 59.7 Å². The molecule has 0 N–H and O–H groups in total. The Hall–Kier alpha value is -2.71. The normalized spacial score (nSPS) is 15.7. The number of rotatable bonds is 7. The fourth-order valence-electron chi connectivity index (χ4n) is 3.11. The third-order valence-corrected chi connectivity index (χ3v) is 6.73. The van der Waals surface area contributed by atoms with Gasteiger partial charge in [0.1, 0.15) is 5.75 Å². The molecule has 29 heavy (non-hydrogen) atoms. The van der Waals surface area contributed by atoms with Gasteiger partial charge in [0.15, 0.2) is 6.10 Å². The van der Waals surface area contributed by atoms with Gasteiger partial charge >= 0.3 is 5.97 Å². The Morgan fingerprint density at radius 2 is 1.48 bits per heavy atom. The van der Waals surface area contributed by atoms with Crippen LogP contribution in [-0.4, -0.2) is 50.8 Å². The second-order valence-corrected chi connectivity index (χ2v) is 8.71. The molecule has 0 spiro atoms. The Morgan fingerprint density at radius 3 is 2.03 bits per heavy atom. The number of carbonyl (C=O) groups is 2. The minimum atomic E-state index is -3.54. The topological polar surface area (TPSA) is 90.0 Å². The molecule has 1 heterocycles. The number of sulfonamides is 1. The van der Waals surface area contributed by atoms with Crippen LogP contribution in [0.2, 0.25) is 0 Å². The zero-order chi connectivity index (χ0) is 21.0. The standard InChI is InChI=1S/C21H23NO6S/c1-15(20(23)16-5-9-18(27-2)10-6-16)28-21(24)17-7-11-19(12-8-17)29(25,26)22-13-3-4-14-22/h5-12,15H,3-4,13-14H2,1-2H3/t15-/m1/s1. The van der Waals surface area contributed by atoms with E-state index in [1.54, 1.807) is 24.3 Å². The Kier molecular flexibility index (Phi) is 6.34. The van der Waals surface area contributed by atoms with Crippen LogP contribution < -0.4 is 4.74 Å². The SMILES string of the molecule is COc1ccc(C(=O)[C@@H](C)OC(=O)c2ccc(S(=O)(=O)N3CCCC3)cc2)cc1. The summed E-state index contributed by atoms with van der Waals surface area (Å²) in [7, 11) is -2.01. The van der Waals surface area contributed by atoms with Gasteiger partial charge < -0.3 is 9.47 Å². The van der Waals surface area contributed by atoms with E-state index in [0.717, 1.165) is 12.8 Å². The lowest BCUT2D eigenvalue weighted by atomic mass is 10.1. The maximum atomic E-state index is 12.5. The molecule has 0 bridgehead atoms. The van der Waals surface area contributed by atoms with Crippen molar-refractivity contribution in [1.82, 2.24) is 4.31 Å². The average molecular weight is 417 g/mol. The molecule has 8 heteroatoms.